The molecule has 9 nitrogen and oxygen atoms in total. The molecule has 1 fully saturated rings. The molecule has 2 atom stereocenters. The molecule has 1 heterocycles. The summed E-state index contributed by atoms with van der Waals surface area (Å²) in [6.07, 6.45) is 4.30. The van der Waals surface area contributed by atoms with E-state index >= 15 is 0 Å². The van der Waals surface area contributed by atoms with Crippen LogP contribution in [0, 0.1) is 5.92 Å². The van der Waals surface area contributed by atoms with Crippen molar-refractivity contribution in [1.29, 1.82) is 0 Å². The lowest BCUT2D eigenvalue weighted by Crippen LogP contribution is -2.32. The number of allylic oxidation sites excluding steroid dienone is 1. The Morgan fingerprint density at radius 3 is 2.24 bits per heavy atom. The molecule has 1 aliphatic heterocycles. The molecule has 1 saturated carbocycles. The van der Waals surface area contributed by atoms with Crippen LogP contribution in [0.3, 0.4) is 0 Å². The van der Waals surface area contributed by atoms with Crippen LogP contribution >= 0.6 is 0 Å². The van der Waals surface area contributed by atoms with Gasteiger partial charge in [-0.05, 0) is 66.3 Å². The third-order valence-corrected chi connectivity index (χ3v) is 6.81. The van der Waals surface area contributed by atoms with Gasteiger partial charge in [-0.2, -0.15) is 5.10 Å². The fourth-order valence-corrected chi connectivity index (χ4v) is 5.05. The molecule has 0 saturated heterocycles. The van der Waals surface area contributed by atoms with E-state index in [0.29, 0.717) is 23.0 Å². The van der Waals surface area contributed by atoms with Crippen LogP contribution in [0.4, 0.5) is 0 Å². The number of fused-ring (bicyclic) bond motifs is 1. The zero-order valence-electron chi connectivity index (χ0n) is 21.5. The van der Waals surface area contributed by atoms with Crippen molar-refractivity contribution in [2.24, 2.45) is 11.0 Å². The molecule has 2 aliphatic rings. The van der Waals surface area contributed by atoms with Crippen LogP contribution in [0.15, 0.2) is 47.1 Å². The summed E-state index contributed by atoms with van der Waals surface area (Å²) in [6.45, 7) is 0. The average molecular weight is 509 g/mol. The fraction of sp³-hybridized carbons (Fsp3) is 0.393. The topological polar surface area (TPSA) is 107 Å². The van der Waals surface area contributed by atoms with Crippen molar-refractivity contribution in [3.8, 4) is 23.0 Å². The summed E-state index contributed by atoms with van der Waals surface area (Å²) >= 11 is 0. The molecule has 0 aromatic heterocycles. The number of carboxylic acid groups (broad SMARTS) is 1. The molecule has 1 aliphatic carbocycles. The van der Waals surface area contributed by atoms with Crippen LogP contribution in [0.25, 0.3) is 6.08 Å². The Morgan fingerprint density at radius 2 is 1.59 bits per heavy atom. The van der Waals surface area contributed by atoms with E-state index in [1.54, 1.807) is 28.4 Å². The summed E-state index contributed by atoms with van der Waals surface area (Å²) < 4.78 is 21.7. The molecule has 2 aromatic rings. The number of hydrogen-bond donors (Lipinski definition) is 1. The normalized spacial score (nSPS) is 19.7. The van der Waals surface area contributed by atoms with Gasteiger partial charge in [0.25, 0.3) is 0 Å². The van der Waals surface area contributed by atoms with Crippen molar-refractivity contribution in [3.05, 3.63) is 53.1 Å². The van der Waals surface area contributed by atoms with Gasteiger partial charge in [-0.15, -0.1) is 0 Å². The highest BCUT2D eigenvalue weighted by Gasteiger charge is 2.43. The first-order valence-electron chi connectivity index (χ1n) is 12.2. The van der Waals surface area contributed by atoms with Gasteiger partial charge in [-0.25, -0.2) is 5.01 Å². The first-order chi connectivity index (χ1) is 17.9. The molecule has 196 valence electrons. The van der Waals surface area contributed by atoms with Crippen molar-refractivity contribution in [3.63, 3.8) is 0 Å². The number of rotatable bonds is 9. The smallest absolute Gasteiger partial charge is 0.303 e. The molecule has 0 spiro atoms. The summed E-state index contributed by atoms with van der Waals surface area (Å²) in [6, 6.07) is 10.9. The Bertz CT molecular complexity index is 1240. The van der Waals surface area contributed by atoms with E-state index in [-0.39, 0.29) is 30.7 Å². The van der Waals surface area contributed by atoms with Gasteiger partial charge in [0.05, 0.1) is 46.6 Å². The Hall–Kier alpha value is -4.01. The summed E-state index contributed by atoms with van der Waals surface area (Å²) in [7, 11) is 6.33. The number of methoxy groups -OCH3 is 4. The highest BCUT2D eigenvalue weighted by Crippen LogP contribution is 2.46. The molecular weight excluding hydrogens is 476 g/mol. The lowest BCUT2D eigenvalue weighted by atomic mass is 9.77. The summed E-state index contributed by atoms with van der Waals surface area (Å²) in [4.78, 5) is 24.4. The zero-order chi connectivity index (χ0) is 26.5. The predicted octanol–water partition coefficient (Wildman–Crippen LogP) is 4.71. The third-order valence-electron chi connectivity index (χ3n) is 6.81. The number of hydrazone groups is 1. The molecule has 37 heavy (non-hydrogen) atoms. The van der Waals surface area contributed by atoms with E-state index in [0.717, 1.165) is 41.7 Å². The van der Waals surface area contributed by atoms with Crippen LogP contribution in [0.5, 0.6) is 23.0 Å². The van der Waals surface area contributed by atoms with Crippen LogP contribution in [-0.4, -0.2) is 56.1 Å². The minimum Gasteiger partial charge on any atom is -0.493 e. The van der Waals surface area contributed by atoms with Crippen LogP contribution in [-0.2, 0) is 9.59 Å². The molecular formula is C28H32N2O7. The largest absolute Gasteiger partial charge is 0.493 e. The van der Waals surface area contributed by atoms with E-state index in [4.69, 9.17) is 29.2 Å². The van der Waals surface area contributed by atoms with Crippen LogP contribution in [0.1, 0.15) is 49.3 Å². The lowest BCUT2D eigenvalue weighted by molar-refractivity contribution is -0.141. The van der Waals surface area contributed by atoms with Crippen molar-refractivity contribution in [2.75, 3.05) is 28.4 Å². The van der Waals surface area contributed by atoms with Crippen LogP contribution in [0.2, 0.25) is 0 Å². The molecule has 1 amide bonds. The third kappa shape index (κ3) is 5.40. The lowest BCUT2D eigenvalue weighted by Gasteiger charge is -2.30. The highest BCUT2D eigenvalue weighted by atomic mass is 16.5. The number of carbonyl (C=O) groups excluding carboxylic acids is 1. The summed E-state index contributed by atoms with van der Waals surface area (Å²) in [5, 5.41) is 15.4. The Kier molecular flexibility index (Phi) is 8.01. The van der Waals surface area contributed by atoms with E-state index in [1.807, 2.05) is 36.4 Å². The summed E-state index contributed by atoms with van der Waals surface area (Å²) in [5.41, 5.74) is 3.69. The molecule has 0 unspecified atom stereocenters. The van der Waals surface area contributed by atoms with Gasteiger partial charge >= 0.3 is 5.97 Å². The van der Waals surface area contributed by atoms with Crippen molar-refractivity contribution < 1.29 is 33.6 Å². The van der Waals surface area contributed by atoms with Crippen LogP contribution < -0.4 is 18.9 Å². The van der Waals surface area contributed by atoms with Gasteiger partial charge in [-0.3, -0.25) is 9.59 Å². The Labute approximate surface area is 216 Å². The summed E-state index contributed by atoms with van der Waals surface area (Å²) in [5.74, 6) is 1.05. The second-order valence-corrected chi connectivity index (χ2v) is 8.96. The van der Waals surface area contributed by atoms with Crippen molar-refractivity contribution in [2.45, 2.75) is 38.1 Å². The minimum atomic E-state index is -1.02. The first-order valence-corrected chi connectivity index (χ1v) is 12.2. The average Bonchev–Trinajstić information content (AvgIpc) is 3.32. The molecule has 1 N–H and O–H groups in total. The second-order valence-electron chi connectivity index (χ2n) is 8.96. The number of hydrogen-bond acceptors (Lipinski definition) is 7. The number of benzene rings is 2. The number of carbonyl (C=O) groups is 2. The molecule has 0 radical (unpaired) electrons. The van der Waals surface area contributed by atoms with E-state index in [1.165, 1.54) is 5.01 Å². The van der Waals surface area contributed by atoms with Gasteiger partial charge in [0.15, 0.2) is 23.0 Å². The van der Waals surface area contributed by atoms with Gasteiger partial charge in [-0.1, -0.05) is 12.1 Å². The molecule has 0 bridgehead atoms. The second kappa shape index (κ2) is 11.4. The van der Waals surface area contributed by atoms with Gasteiger partial charge < -0.3 is 24.1 Å². The maximum absolute atomic E-state index is 13.2. The molecule has 9 heteroatoms. The monoisotopic (exact) mass is 508 g/mol. The Morgan fingerprint density at radius 1 is 0.946 bits per heavy atom. The quantitative estimate of drug-likeness (QED) is 0.523. The van der Waals surface area contributed by atoms with E-state index in [9.17, 15) is 9.59 Å². The predicted molar refractivity (Wildman–Crippen MR) is 138 cm³/mol. The standard InChI is InChI=1S/C28H32N2O7/c1-34-21-10-8-17(15-23(21)36-3)14-18-6-5-7-20-27(18)29-30(25(31)12-13-26(32)33)28(20)19-9-11-22(35-2)24(16-19)37-4/h8-11,14-16,20,28H,5-7,12-13H2,1-4H3,(H,32,33)/b18-14+/t20-,28+/m0/s1. The van der Waals surface area contributed by atoms with Gasteiger partial charge in [0.1, 0.15) is 0 Å². The van der Waals surface area contributed by atoms with Crippen molar-refractivity contribution >= 4 is 23.7 Å². The number of nitrogens with zero attached hydrogens (tertiary/aromatic N) is 2. The fourth-order valence-electron chi connectivity index (χ4n) is 5.05. The zero-order valence-corrected chi connectivity index (χ0v) is 21.5. The van der Waals surface area contributed by atoms with E-state index < -0.39 is 5.97 Å². The maximum Gasteiger partial charge on any atom is 0.303 e. The van der Waals surface area contributed by atoms with E-state index in [2.05, 4.69) is 6.08 Å². The number of aliphatic carboxylic acids is 1. The van der Waals surface area contributed by atoms with Gasteiger partial charge in [0, 0.05) is 12.3 Å². The highest BCUT2D eigenvalue weighted by molar-refractivity contribution is 6.08. The SMILES string of the molecule is COc1ccc(/C=C2\CCC[C@H]3C2=NN(C(=O)CCC(=O)O)[C@@H]3c2ccc(OC)c(OC)c2)cc1OC. The number of ether oxygens (including phenoxy) is 4. The first kappa shape index (κ1) is 26.1. The molecule has 4 rings (SSSR count). The number of amides is 1. The Balaban J connectivity index is 1.74. The van der Waals surface area contributed by atoms with Gasteiger partial charge in [0.2, 0.25) is 5.91 Å². The maximum atomic E-state index is 13.2. The van der Waals surface area contributed by atoms with Crippen molar-refractivity contribution in [1.82, 2.24) is 5.01 Å². The number of carboxylic acids is 1. The minimum absolute atomic E-state index is 0.0352. The molecule has 2 aromatic carbocycles.